The van der Waals surface area contributed by atoms with Gasteiger partial charge in [-0.15, -0.1) is 11.3 Å². The topological polar surface area (TPSA) is 133 Å². The molecule has 4 N–H and O–H groups in total. The Kier molecular flexibility index (Phi) is 11.3. The molecule has 10 nitrogen and oxygen atoms in total. The fraction of sp³-hybridized carbons (Fsp3) is 0.386. The van der Waals surface area contributed by atoms with E-state index in [0.717, 1.165) is 66.5 Å². The van der Waals surface area contributed by atoms with E-state index in [0.29, 0.717) is 29.1 Å². The van der Waals surface area contributed by atoms with Gasteiger partial charge in [-0.25, -0.2) is 0 Å². The van der Waals surface area contributed by atoms with Crippen LogP contribution in [0, 0.1) is 0 Å². The average molecular weight is 762 g/mol. The predicted molar refractivity (Wildman–Crippen MR) is 219 cm³/mol. The maximum Gasteiger partial charge on any atom is 0.321 e. The number of benzene rings is 3. The summed E-state index contributed by atoms with van der Waals surface area (Å²) in [5, 5.41) is 33.3. The van der Waals surface area contributed by atoms with E-state index in [4.69, 9.17) is 9.84 Å². The first-order chi connectivity index (χ1) is 26.4. The van der Waals surface area contributed by atoms with Gasteiger partial charge in [-0.1, -0.05) is 48.5 Å². The Hall–Kier alpha value is -4.81. The molecule has 1 aliphatic rings. The van der Waals surface area contributed by atoms with Crippen molar-refractivity contribution in [3.8, 4) is 5.75 Å². The molecule has 1 saturated carbocycles. The number of carbonyl (C=O) groups excluding carboxylic acids is 1. The summed E-state index contributed by atoms with van der Waals surface area (Å²) >= 11 is 1.59. The van der Waals surface area contributed by atoms with Crippen molar-refractivity contribution in [2.75, 3.05) is 20.1 Å². The van der Waals surface area contributed by atoms with Crippen LogP contribution in [-0.2, 0) is 27.9 Å². The number of β-amino-alcohol motifs (C(OH)–C–C–N with tert-alkyl or cyclic N) is 1. The number of ether oxygens (including phenoxy) is 1. The molecule has 1 aliphatic carbocycles. The van der Waals surface area contributed by atoms with Gasteiger partial charge in [0.1, 0.15) is 17.3 Å². The van der Waals surface area contributed by atoms with Crippen molar-refractivity contribution in [2.45, 2.75) is 88.6 Å². The number of phenolic OH excluding ortho intramolecular Hbond substituents is 1. The van der Waals surface area contributed by atoms with E-state index in [1.165, 1.54) is 17.7 Å². The standard InChI is InChI=1S/C44H51N5O5S/c1-43(2,45-28-38(51)34-17-20-37(50)41-35(34)18-21-40(52)47-41)26-29-12-19-36-30(25-29)27-46-49(36)23-22-48(4)32-13-15-33(16-14-32)54-42(53)44(3,39-11-8-24-55-39)31-9-6-5-7-10-31/h5-12,17-21,24-25,27,32-33,38,45,50-51H,13-16,22-23,26,28H2,1-4H3,(H,47,52)/t32?,33?,38-,44?/m0/s1. The Bertz CT molecular complexity index is 2290. The summed E-state index contributed by atoms with van der Waals surface area (Å²) in [6, 6.07) is 27.1. The van der Waals surface area contributed by atoms with E-state index in [2.05, 4.69) is 59.0 Å². The molecule has 7 rings (SSSR count). The van der Waals surface area contributed by atoms with E-state index in [1.807, 2.05) is 61.0 Å². The first-order valence-electron chi connectivity index (χ1n) is 19.1. The SMILES string of the molecule is CN(CCn1ncc2cc(CC(C)(C)NC[C@H](O)c3ccc(O)c4[nH]c(=O)ccc34)ccc21)C1CCC(OC(=O)C(C)(c2ccccc2)c2cccs2)CC1. The number of aliphatic hydroxyl groups is 1. The lowest BCUT2D eigenvalue weighted by atomic mass is 9.81. The molecule has 6 aromatic rings. The number of aliphatic hydroxyl groups excluding tert-OH is 1. The number of esters is 1. The second-order valence-corrected chi connectivity index (χ2v) is 16.7. The number of phenols is 1. The Labute approximate surface area is 325 Å². The van der Waals surface area contributed by atoms with Gasteiger partial charge in [0.05, 0.1) is 29.9 Å². The summed E-state index contributed by atoms with van der Waals surface area (Å²) in [5.74, 6) is -0.204. The van der Waals surface area contributed by atoms with Crippen LogP contribution in [0.4, 0.5) is 0 Å². The third-order valence-corrected chi connectivity index (χ3v) is 12.5. The van der Waals surface area contributed by atoms with Gasteiger partial charge in [0.15, 0.2) is 0 Å². The fourth-order valence-electron chi connectivity index (χ4n) is 8.03. The first-order valence-corrected chi connectivity index (χ1v) is 20.0. The number of H-pyrrole nitrogens is 1. The summed E-state index contributed by atoms with van der Waals surface area (Å²) in [7, 11) is 2.18. The second-order valence-electron chi connectivity index (χ2n) is 15.8. The zero-order chi connectivity index (χ0) is 38.7. The van der Waals surface area contributed by atoms with Crippen LogP contribution >= 0.6 is 11.3 Å². The second kappa shape index (κ2) is 16.1. The molecule has 0 spiro atoms. The lowest BCUT2D eigenvalue weighted by Gasteiger charge is -2.36. The number of aromatic amines is 1. The number of carbonyl (C=O) groups is 1. The number of aromatic hydroxyl groups is 1. The quantitative estimate of drug-likeness (QED) is 0.0867. The first kappa shape index (κ1) is 38.5. The normalized spacial score (nSPS) is 18.1. The van der Waals surface area contributed by atoms with Gasteiger partial charge in [-0.2, -0.15) is 5.10 Å². The number of thiophene rings is 1. The van der Waals surface area contributed by atoms with Gasteiger partial charge in [-0.3, -0.25) is 14.3 Å². The molecule has 0 amide bonds. The van der Waals surface area contributed by atoms with Gasteiger partial charge in [0, 0.05) is 46.4 Å². The minimum Gasteiger partial charge on any atom is -0.506 e. The Balaban J connectivity index is 0.900. The lowest BCUT2D eigenvalue weighted by molar-refractivity contribution is -0.155. The number of hydrogen-bond donors (Lipinski definition) is 4. The molecular weight excluding hydrogens is 711 g/mol. The van der Waals surface area contributed by atoms with Crippen molar-refractivity contribution in [1.82, 2.24) is 25.0 Å². The molecule has 0 aliphatic heterocycles. The molecule has 55 heavy (non-hydrogen) atoms. The van der Waals surface area contributed by atoms with Crippen molar-refractivity contribution >= 4 is 39.1 Å². The molecular formula is C44H51N5O5S. The molecule has 3 aromatic heterocycles. The number of fused-ring (bicyclic) bond motifs is 2. The number of pyridine rings is 1. The number of nitrogens with one attached hydrogen (secondary N) is 2. The van der Waals surface area contributed by atoms with Crippen molar-refractivity contribution < 1.29 is 19.7 Å². The highest BCUT2D eigenvalue weighted by molar-refractivity contribution is 7.10. The van der Waals surface area contributed by atoms with Gasteiger partial charge in [-0.05, 0) is 112 Å². The highest BCUT2D eigenvalue weighted by Gasteiger charge is 2.41. The Morgan fingerprint density at radius 3 is 2.56 bits per heavy atom. The number of aromatic nitrogens is 3. The van der Waals surface area contributed by atoms with Crippen molar-refractivity contribution in [2.24, 2.45) is 0 Å². The molecule has 2 atom stereocenters. The molecule has 0 saturated heterocycles. The van der Waals surface area contributed by atoms with Gasteiger partial charge < -0.3 is 30.2 Å². The maximum atomic E-state index is 13.8. The van der Waals surface area contributed by atoms with E-state index in [9.17, 15) is 19.8 Å². The monoisotopic (exact) mass is 761 g/mol. The Morgan fingerprint density at radius 2 is 1.82 bits per heavy atom. The van der Waals surface area contributed by atoms with E-state index >= 15 is 0 Å². The molecule has 3 heterocycles. The van der Waals surface area contributed by atoms with Crippen LogP contribution in [0.2, 0.25) is 0 Å². The van der Waals surface area contributed by atoms with Crippen LogP contribution in [-0.4, -0.2) is 73.7 Å². The fourth-order valence-corrected chi connectivity index (χ4v) is 8.93. The number of rotatable bonds is 14. The number of likely N-dealkylation sites (N-methyl/N-ethyl adjacent to an activating group) is 1. The van der Waals surface area contributed by atoms with Crippen LogP contribution in [0.15, 0.2) is 101 Å². The van der Waals surface area contributed by atoms with Crippen LogP contribution in [0.25, 0.3) is 21.8 Å². The van der Waals surface area contributed by atoms with Crippen molar-refractivity contribution in [1.29, 1.82) is 0 Å². The molecule has 3 aromatic carbocycles. The smallest absolute Gasteiger partial charge is 0.321 e. The summed E-state index contributed by atoms with van der Waals surface area (Å²) in [4.78, 5) is 31.6. The summed E-state index contributed by atoms with van der Waals surface area (Å²) in [5.41, 5.74) is 2.71. The summed E-state index contributed by atoms with van der Waals surface area (Å²) < 4.78 is 8.31. The Morgan fingerprint density at radius 1 is 1.04 bits per heavy atom. The molecule has 288 valence electrons. The number of hydrogen-bond acceptors (Lipinski definition) is 9. The maximum absolute atomic E-state index is 13.8. The summed E-state index contributed by atoms with van der Waals surface area (Å²) in [6.07, 6.45) is 5.41. The van der Waals surface area contributed by atoms with Gasteiger partial charge in [0.25, 0.3) is 0 Å². The molecule has 11 heteroatoms. The molecule has 1 fully saturated rings. The lowest BCUT2D eigenvalue weighted by Crippen LogP contribution is -2.43. The van der Waals surface area contributed by atoms with Crippen LogP contribution in [0.5, 0.6) is 5.75 Å². The van der Waals surface area contributed by atoms with Crippen LogP contribution < -0.4 is 10.9 Å². The van der Waals surface area contributed by atoms with Gasteiger partial charge >= 0.3 is 5.97 Å². The van der Waals surface area contributed by atoms with Crippen LogP contribution in [0.3, 0.4) is 0 Å². The minimum absolute atomic E-state index is 0.0286. The van der Waals surface area contributed by atoms with Crippen molar-refractivity contribution in [3.05, 3.63) is 128 Å². The summed E-state index contributed by atoms with van der Waals surface area (Å²) in [6.45, 7) is 8.14. The third-order valence-electron chi connectivity index (χ3n) is 11.4. The highest BCUT2D eigenvalue weighted by atomic mass is 32.1. The molecule has 0 bridgehead atoms. The zero-order valence-electron chi connectivity index (χ0n) is 32.0. The minimum atomic E-state index is -0.836. The predicted octanol–water partition coefficient (Wildman–Crippen LogP) is 7.08. The number of nitrogens with zero attached hydrogens (tertiary/aromatic N) is 3. The third kappa shape index (κ3) is 8.40. The average Bonchev–Trinajstić information content (AvgIpc) is 3.88. The van der Waals surface area contributed by atoms with E-state index in [-0.39, 0.29) is 28.9 Å². The molecule has 1 unspecified atom stereocenters. The van der Waals surface area contributed by atoms with Crippen LogP contribution in [0.1, 0.15) is 74.1 Å². The van der Waals surface area contributed by atoms with Crippen molar-refractivity contribution in [3.63, 3.8) is 0 Å². The van der Waals surface area contributed by atoms with E-state index < -0.39 is 11.5 Å². The highest BCUT2D eigenvalue weighted by Crippen LogP contribution is 2.38. The van der Waals surface area contributed by atoms with E-state index in [1.54, 1.807) is 23.5 Å². The largest absolute Gasteiger partial charge is 0.506 e. The zero-order valence-corrected chi connectivity index (χ0v) is 32.8. The molecule has 0 radical (unpaired) electrons. The van der Waals surface area contributed by atoms with Gasteiger partial charge in [0.2, 0.25) is 5.56 Å².